The van der Waals surface area contributed by atoms with E-state index in [-0.39, 0.29) is 22.3 Å². The molecular formula is C22H23ClF2N4O2S2. The molecule has 1 aliphatic heterocycles. The van der Waals surface area contributed by atoms with Gasteiger partial charge < -0.3 is 4.90 Å². The van der Waals surface area contributed by atoms with Crippen LogP contribution in [0.5, 0.6) is 0 Å². The molecule has 1 unspecified atom stereocenters. The first kappa shape index (κ1) is 23.9. The molecule has 2 heterocycles. The fraction of sp³-hybridized carbons (Fsp3) is 0.318. The van der Waals surface area contributed by atoms with E-state index in [2.05, 4.69) is 14.6 Å². The molecule has 0 saturated carbocycles. The Morgan fingerprint density at radius 3 is 2.82 bits per heavy atom. The molecule has 33 heavy (non-hydrogen) atoms. The third-order valence-corrected chi connectivity index (χ3v) is 7.93. The zero-order valence-corrected chi connectivity index (χ0v) is 20.2. The van der Waals surface area contributed by atoms with E-state index in [1.807, 2.05) is 18.0 Å². The van der Waals surface area contributed by atoms with Crippen LogP contribution in [0.25, 0.3) is 0 Å². The highest BCUT2D eigenvalue weighted by atomic mass is 35.5. The van der Waals surface area contributed by atoms with Crippen molar-refractivity contribution >= 4 is 44.5 Å². The van der Waals surface area contributed by atoms with Crippen molar-refractivity contribution in [1.82, 2.24) is 9.88 Å². The zero-order valence-electron chi connectivity index (χ0n) is 17.8. The molecule has 0 bridgehead atoms. The molecule has 0 radical (unpaired) electrons. The van der Waals surface area contributed by atoms with E-state index in [1.165, 1.54) is 29.5 Å². The molecule has 4 rings (SSSR count). The summed E-state index contributed by atoms with van der Waals surface area (Å²) in [6.07, 6.45) is -1.60. The monoisotopic (exact) mass is 512 g/mol. The maximum atomic E-state index is 13.0. The lowest BCUT2D eigenvalue weighted by atomic mass is 10.1. The number of nitrogens with zero attached hydrogens (tertiary/aromatic N) is 3. The van der Waals surface area contributed by atoms with Crippen molar-refractivity contribution < 1.29 is 17.2 Å². The van der Waals surface area contributed by atoms with Crippen molar-refractivity contribution in [2.24, 2.45) is 0 Å². The summed E-state index contributed by atoms with van der Waals surface area (Å²) in [5.41, 5.74) is 3.17. The van der Waals surface area contributed by atoms with Gasteiger partial charge in [-0.05, 0) is 36.2 Å². The molecule has 1 fully saturated rings. The standard InChI is InChI=1S/C22H23ClF2N4O2S2/c1-28(17-7-8-29(12-17)11-15-3-2-4-16(9-15)22(24)25)20-6-5-18(10-19(20)23)33(30,31)27-21-13-32-14-26-21/h2-6,9-10,13-14,17,22,27H,7-8,11-12H2,1H3. The number of thiazole rings is 1. The largest absolute Gasteiger partial charge is 0.369 e. The number of hydrogen-bond donors (Lipinski definition) is 1. The van der Waals surface area contributed by atoms with E-state index in [1.54, 1.807) is 29.1 Å². The van der Waals surface area contributed by atoms with Crippen molar-refractivity contribution in [1.29, 1.82) is 0 Å². The molecule has 1 aliphatic rings. The molecule has 6 nitrogen and oxygen atoms in total. The average molecular weight is 513 g/mol. The van der Waals surface area contributed by atoms with Gasteiger partial charge in [0.15, 0.2) is 5.82 Å². The fourth-order valence-electron chi connectivity index (χ4n) is 3.95. The molecule has 2 aromatic carbocycles. The van der Waals surface area contributed by atoms with Crippen LogP contribution in [0, 0.1) is 0 Å². The van der Waals surface area contributed by atoms with Crippen LogP contribution in [0.3, 0.4) is 0 Å². The number of anilines is 2. The van der Waals surface area contributed by atoms with E-state index >= 15 is 0 Å². The predicted molar refractivity (Wildman–Crippen MR) is 128 cm³/mol. The lowest BCUT2D eigenvalue weighted by molar-refractivity contribution is 0.151. The third-order valence-electron chi connectivity index (χ3n) is 5.69. The van der Waals surface area contributed by atoms with E-state index in [4.69, 9.17) is 11.6 Å². The maximum absolute atomic E-state index is 13.0. The van der Waals surface area contributed by atoms with Crippen LogP contribution in [0.4, 0.5) is 20.3 Å². The number of nitrogens with one attached hydrogen (secondary N) is 1. The van der Waals surface area contributed by atoms with Gasteiger partial charge in [0.05, 0.1) is 21.1 Å². The highest BCUT2D eigenvalue weighted by molar-refractivity contribution is 7.92. The van der Waals surface area contributed by atoms with Gasteiger partial charge in [0.25, 0.3) is 16.4 Å². The summed E-state index contributed by atoms with van der Waals surface area (Å²) in [4.78, 5) is 8.27. The van der Waals surface area contributed by atoms with Crippen LogP contribution in [-0.4, -0.2) is 44.5 Å². The topological polar surface area (TPSA) is 65.5 Å². The van der Waals surface area contributed by atoms with Crippen LogP contribution in [0.15, 0.2) is 58.3 Å². The van der Waals surface area contributed by atoms with Crippen LogP contribution in [0.2, 0.25) is 5.02 Å². The fourth-order valence-corrected chi connectivity index (χ4v) is 5.92. The molecule has 1 atom stereocenters. The lowest BCUT2D eigenvalue weighted by Crippen LogP contribution is -2.34. The lowest BCUT2D eigenvalue weighted by Gasteiger charge is -2.28. The summed E-state index contributed by atoms with van der Waals surface area (Å²) in [6.45, 7) is 2.17. The summed E-state index contributed by atoms with van der Waals surface area (Å²) >= 11 is 7.77. The van der Waals surface area contributed by atoms with Gasteiger partial charge in [-0.1, -0.05) is 29.8 Å². The maximum Gasteiger partial charge on any atom is 0.263 e. The molecule has 11 heteroatoms. The van der Waals surface area contributed by atoms with Gasteiger partial charge in [-0.2, -0.15) is 0 Å². The van der Waals surface area contributed by atoms with Crippen molar-refractivity contribution in [3.63, 3.8) is 0 Å². The first-order valence-electron chi connectivity index (χ1n) is 10.3. The van der Waals surface area contributed by atoms with Crippen LogP contribution in [0.1, 0.15) is 24.0 Å². The molecule has 1 aromatic heterocycles. The molecule has 1 saturated heterocycles. The van der Waals surface area contributed by atoms with Crippen molar-refractivity contribution in [2.45, 2.75) is 30.3 Å². The number of aromatic nitrogens is 1. The number of sulfonamides is 1. The minimum Gasteiger partial charge on any atom is -0.369 e. The van der Waals surface area contributed by atoms with Gasteiger partial charge in [0.1, 0.15) is 0 Å². The smallest absolute Gasteiger partial charge is 0.263 e. The summed E-state index contributed by atoms with van der Waals surface area (Å²) in [7, 11) is -1.87. The number of benzene rings is 2. The molecular weight excluding hydrogens is 490 g/mol. The minimum atomic E-state index is -3.79. The van der Waals surface area contributed by atoms with Gasteiger partial charge in [0, 0.05) is 43.7 Å². The van der Waals surface area contributed by atoms with Gasteiger partial charge in [-0.25, -0.2) is 22.2 Å². The second-order valence-electron chi connectivity index (χ2n) is 7.93. The first-order valence-corrected chi connectivity index (χ1v) is 13.1. The summed E-state index contributed by atoms with van der Waals surface area (Å²) in [5.74, 6) is 0.266. The summed E-state index contributed by atoms with van der Waals surface area (Å²) in [6, 6.07) is 11.3. The quantitative estimate of drug-likeness (QED) is 0.447. The molecule has 0 aliphatic carbocycles. The Hall–Kier alpha value is -2.27. The Morgan fingerprint density at radius 2 is 2.12 bits per heavy atom. The number of hydrogen-bond acceptors (Lipinski definition) is 6. The number of likely N-dealkylation sites (tertiary alicyclic amines) is 1. The number of rotatable bonds is 8. The summed E-state index contributed by atoms with van der Waals surface area (Å²) < 4.78 is 53.6. The first-order chi connectivity index (χ1) is 15.7. The van der Waals surface area contributed by atoms with Crippen LogP contribution >= 0.6 is 22.9 Å². The summed E-state index contributed by atoms with van der Waals surface area (Å²) in [5, 5.41) is 1.94. The van der Waals surface area contributed by atoms with E-state index in [0.717, 1.165) is 30.8 Å². The Kier molecular flexibility index (Phi) is 7.18. The second-order valence-corrected chi connectivity index (χ2v) is 10.7. The predicted octanol–water partition coefficient (Wildman–Crippen LogP) is 5.25. The SMILES string of the molecule is CN(c1ccc(S(=O)(=O)Nc2cscn2)cc1Cl)C1CCN(Cc2cccc(C(F)F)c2)C1. The van der Waals surface area contributed by atoms with E-state index in [0.29, 0.717) is 11.6 Å². The van der Waals surface area contributed by atoms with Crippen LogP contribution < -0.4 is 9.62 Å². The third kappa shape index (κ3) is 5.63. The Bertz CT molecular complexity index is 1210. The molecule has 0 amide bonds. The highest BCUT2D eigenvalue weighted by Crippen LogP contribution is 2.32. The molecule has 3 aromatic rings. The molecule has 0 spiro atoms. The average Bonchev–Trinajstić information content (AvgIpc) is 3.45. The molecule has 1 N–H and O–H groups in total. The second kappa shape index (κ2) is 9.92. The van der Waals surface area contributed by atoms with Crippen LogP contribution in [-0.2, 0) is 16.6 Å². The minimum absolute atomic E-state index is 0.0338. The highest BCUT2D eigenvalue weighted by Gasteiger charge is 2.28. The number of halogens is 3. The normalized spacial score (nSPS) is 16.9. The Morgan fingerprint density at radius 1 is 1.30 bits per heavy atom. The number of alkyl halides is 2. The zero-order chi connectivity index (χ0) is 23.6. The van der Waals surface area contributed by atoms with Gasteiger partial charge in [-0.15, -0.1) is 11.3 Å². The van der Waals surface area contributed by atoms with Gasteiger partial charge in [-0.3, -0.25) is 9.62 Å². The van der Waals surface area contributed by atoms with Gasteiger partial charge in [0.2, 0.25) is 0 Å². The Labute approximate surface area is 200 Å². The van der Waals surface area contributed by atoms with Crippen molar-refractivity contribution in [2.75, 3.05) is 29.8 Å². The molecule has 176 valence electrons. The Balaban J connectivity index is 1.42. The van der Waals surface area contributed by atoms with Gasteiger partial charge >= 0.3 is 0 Å². The van der Waals surface area contributed by atoms with E-state index < -0.39 is 16.4 Å². The number of likely N-dealkylation sites (N-methyl/N-ethyl adjacent to an activating group) is 1. The van der Waals surface area contributed by atoms with Crippen molar-refractivity contribution in [3.8, 4) is 0 Å². The van der Waals surface area contributed by atoms with E-state index in [9.17, 15) is 17.2 Å². The van der Waals surface area contributed by atoms with Crippen molar-refractivity contribution in [3.05, 3.63) is 69.5 Å².